The SMILES string of the molecule is [2H]C([2H])([2H])C([2H])([2H])C([2H])([2H])C([2H])([2H])N(CCCC)C(=O)Nc1ccc(C)c(NC(=O)N(CCCC)C([2H])([2H])C([2H])([2H])C([2H])([2H])C([2H])([2H])[2H])c1. The number of anilines is 2. The van der Waals surface area contributed by atoms with Crippen LogP contribution in [0, 0.1) is 6.92 Å². The molecule has 0 unspecified atom stereocenters. The zero-order valence-corrected chi connectivity index (χ0v) is 18.2. The Bertz CT molecular complexity index is 1310. The van der Waals surface area contributed by atoms with Crippen molar-refractivity contribution in [2.45, 2.75) is 85.6 Å². The van der Waals surface area contributed by atoms with Crippen molar-refractivity contribution in [3.63, 3.8) is 0 Å². The summed E-state index contributed by atoms with van der Waals surface area (Å²) in [5.74, 6) is 0. The average Bonchev–Trinajstić information content (AvgIpc) is 2.93. The fourth-order valence-corrected chi connectivity index (χ4v) is 2.45. The third-order valence-corrected chi connectivity index (χ3v) is 4.20. The molecule has 2 N–H and O–H groups in total. The fraction of sp³-hybridized carbons (Fsp3) is 0.680. The number of unbranched alkanes of at least 4 members (excludes halogenated alkanes) is 2. The minimum atomic E-state index is -3.75. The Hall–Kier alpha value is -2.24. The van der Waals surface area contributed by atoms with Gasteiger partial charge in [-0.1, -0.05) is 59.2 Å². The molecule has 0 saturated carbocycles. The molecule has 0 fully saturated rings. The highest BCUT2D eigenvalue weighted by Crippen LogP contribution is 2.21. The van der Waals surface area contributed by atoms with Crippen molar-refractivity contribution in [3.8, 4) is 0 Å². The van der Waals surface area contributed by atoms with Crippen LogP contribution in [0.4, 0.5) is 21.0 Å². The number of aryl methyl sites for hydroxylation is 1. The van der Waals surface area contributed by atoms with E-state index >= 15 is 0 Å². The predicted octanol–water partition coefficient (Wildman–Crippen LogP) is 6.86. The molecule has 1 aromatic rings. The molecule has 0 aromatic heterocycles. The highest BCUT2D eigenvalue weighted by atomic mass is 16.2. The summed E-state index contributed by atoms with van der Waals surface area (Å²) in [5, 5.41) is 4.68. The lowest BCUT2D eigenvalue weighted by Gasteiger charge is -2.24. The van der Waals surface area contributed by atoms with Crippen molar-refractivity contribution in [1.82, 2.24) is 9.80 Å². The lowest BCUT2D eigenvalue weighted by atomic mass is 10.1. The number of urea groups is 2. The Kier molecular flexibility index (Phi) is 5.08. The van der Waals surface area contributed by atoms with E-state index in [9.17, 15) is 9.59 Å². The normalized spacial score (nSPS) is 22.8. The van der Waals surface area contributed by atoms with Gasteiger partial charge < -0.3 is 20.4 Å². The highest BCUT2D eigenvalue weighted by molar-refractivity contribution is 5.93. The molecule has 0 saturated heterocycles. The Morgan fingerprint density at radius 2 is 1.48 bits per heavy atom. The molecule has 4 amide bonds. The van der Waals surface area contributed by atoms with Gasteiger partial charge in [0.2, 0.25) is 0 Å². The van der Waals surface area contributed by atoms with E-state index in [1.165, 1.54) is 19.1 Å². The molecule has 0 radical (unpaired) electrons. The monoisotopic (exact) mass is 450 g/mol. The molecule has 0 bridgehead atoms. The van der Waals surface area contributed by atoms with Gasteiger partial charge in [-0.15, -0.1) is 0 Å². The van der Waals surface area contributed by atoms with Gasteiger partial charge in [-0.05, 0) is 50.2 Å². The van der Waals surface area contributed by atoms with Crippen LogP contribution in [0.1, 0.15) is 109 Å². The fourth-order valence-electron chi connectivity index (χ4n) is 2.45. The van der Waals surface area contributed by atoms with Gasteiger partial charge in [0.1, 0.15) is 0 Å². The van der Waals surface area contributed by atoms with Crippen LogP contribution in [0.2, 0.25) is 0 Å². The van der Waals surface area contributed by atoms with E-state index in [-0.39, 0.29) is 24.2 Å². The van der Waals surface area contributed by atoms with Crippen LogP contribution in [0.15, 0.2) is 18.2 Å². The van der Waals surface area contributed by atoms with Crippen molar-refractivity contribution in [3.05, 3.63) is 23.8 Å². The van der Waals surface area contributed by atoms with E-state index in [0.717, 1.165) is 6.07 Å². The van der Waals surface area contributed by atoms with E-state index in [0.29, 0.717) is 28.2 Å². The van der Waals surface area contributed by atoms with Gasteiger partial charge in [0.25, 0.3) is 0 Å². The molecule has 0 heterocycles. The number of amides is 4. The molecular weight excluding hydrogens is 388 g/mol. The average molecular weight is 451 g/mol. The molecule has 31 heavy (non-hydrogen) atoms. The van der Waals surface area contributed by atoms with Crippen molar-refractivity contribution in [2.75, 3.05) is 36.7 Å². The summed E-state index contributed by atoms with van der Waals surface area (Å²) in [4.78, 5) is 27.6. The maximum Gasteiger partial charge on any atom is 0.321 e. The number of nitrogens with zero attached hydrogens (tertiary/aromatic N) is 2. The number of carbonyl (C=O) groups is 2. The first-order valence-corrected chi connectivity index (χ1v) is 10.1. The number of rotatable bonds is 14. The zero-order chi connectivity index (χ0) is 38.8. The second-order valence-corrected chi connectivity index (χ2v) is 6.62. The first kappa shape index (κ1) is 10.1. The smallest absolute Gasteiger partial charge is 0.321 e. The molecule has 0 aliphatic carbocycles. The number of carbonyl (C=O) groups excluding carboxylic acids is 2. The second kappa shape index (κ2) is 15.5. The summed E-state index contributed by atoms with van der Waals surface area (Å²) in [6.45, 7) is -10.2. The molecule has 1 rings (SSSR count). The Morgan fingerprint density at radius 3 is 2.00 bits per heavy atom. The molecule has 0 atom stereocenters. The van der Waals surface area contributed by atoms with Gasteiger partial charge in [-0.25, -0.2) is 9.59 Å². The molecular formula is C25H44N4O2. The standard InChI is InChI=1S/C25H44N4O2/c1-6-10-16-28(17-11-7-2)24(30)26-22-15-14-21(5)23(20-22)27-25(31)29(18-12-8-3)19-13-9-4/h14-15,20H,6-13,16-19H2,1-5H3,(H,26,30)(H,27,31)/i1D3,3D3,6D2,8D2,10D2,12D2,16D2,18D2. The van der Waals surface area contributed by atoms with Gasteiger partial charge in [0.15, 0.2) is 0 Å². The minimum Gasteiger partial charge on any atom is -0.325 e. The predicted molar refractivity (Wildman–Crippen MR) is 132 cm³/mol. The maximum atomic E-state index is 13.5. The first-order chi connectivity index (χ1) is 21.8. The Morgan fingerprint density at radius 1 is 0.935 bits per heavy atom. The molecule has 0 aliphatic rings. The van der Waals surface area contributed by atoms with Crippen molar-refractivity contribution in [1.29, 1.82) is 0 Å². The van der Waals surface area contributed by atoms with E-state index in [2.05, 4.69) is 10.6 Å². The van der Waals surface area contributed by atoms with Crippen LogP contribution in [0.25, 0.3) is 0 Å². The summed E-state index contributed by atoms with van der Waals surface area (Å²) in [7, 11) is 0. The minimum absolute atomic E-state index is 0.0864. The quantitative estimate of drug-likeness (QED) is 0.325. The Balaban J connectivity index is 3.56. The van der Waals surface area contributed by atoms with E-state index in [1.807, 2.05) is 0 Å². The van der Waals surface area contributed by atoms with Gasteiger partial charge in [-0.3, -0.25) is 0 Å². The second-order valence-electron chi connectivity index (χ2n) is 6.62. The molecule has 6 nitrogen and oxygen atoms in total. The molecule has 0 aliphatic heterocycles. The summed E-state index contributed by atoms with van der Waals surface area (Å²) in [5.41, 5.74) is 0.111. The highest BCUT2D eigenvalue weighted by Gasteiger charge is 2.16. The largest absolute Gasteiger partial charge is 0.325 e. The number of hydrogen-bond donors (Lipinski definition) is 2. The van der Waals surface area contributed by atoms with Crippen LogP contribution in [-0.2, 0) is 0 Å². The van der Waals surface area contributed by atoms with Crippen molar-refractivity contribution >= 4 is 23.4 Å². The molecule has 0 spiro atoms. The van der Waals surface area contributed by atoms with Gasteiger partial charge in [-0.2, -0.15) is 0 Å². The summed E-state index contributed by atoms with van der Waals surface area (Å²) < 4.78 is 143. The van der Waals surface area contributed by atoms with Crippen LogP contribution < -0.4 is 10.6 Å². The third kappa shape index (κ3) is 10.1. The summed E-state index contributed by atoms with van der Waals surface area (Å²) >= 11 is 0. The number of benzene rings is 1. The van der Waals surface area contributed by atoms with Crippen molar-refractivity contribution < 1.29 is 34.3 Å². The summed E-state index contributed by atoms with van der Waals surface area (Å²) in [6.07, 6.45) is -13.9. The first-order valence-electron chi connectivity index (χ1n) is 19.1. The zero-order valence-electron chi connectivity index (χ0n) is 36.2. The van der Waals surface area contributed by atoms with Crippen LogP contribution in [0.5, 0.6) is 0 Å². The van der Waals surface area contributed by atoms with Crippen LogP contribution in [0.3, 0.4) is 0 Å². The lowest BCUT2D eigenvalue weighted by Crippen LogP contribution is -2.37. The van der Waals surface area contributed by atoms with Gasteiger partial charge >= 0.3 is 12.1 Å². The Labute approximate surface area is 215 Å². The van der Waals surface area contributed by atoms with E-state index in [4.69, 9.17) is 24.7 Å². The number of nitrogens with one attached hydrogen (secondary N) is 2. The number of hydrogen-bond acceptors (Lipinski definition) is 2. The van der Waals surface area contributed by atoms with E-state index in [1.54, 1.807) is 13.8 Å². The summed E-state index contributed by atoms with van der Waals surface area (Å²) in [6, 6.07) is 1.27. The molecule has 6 heteroatoms. The lowest BCUT2D eigenvalue weighted by molar-refractivity contribution is 0.209. The van der Waals surface area contributed by atoms with Gasteiger partial charge in [0.05, 0.1) is 0 Å². The van der Waals surface area contributed by atoms with Crippen LogP contribution in [-0.4, -0.2) is 47.9 Å². The maximum absolute atomic E-state index is 13.5. The third-order valence-electron chi connectivity index (χ3n) is 4.20. The van der Waals surface area contributed by atoms with E-state index < -0.39 is 77.3 Å². The van der Waals surface area contributed by atoms with Crippen LogP contribution >= 0.6 is 0 Å². The topological polar surface area (TPSA) is 64.7 Å². The molecule has 1 aromatic carbocycles. The van der Waals surface area contributed by atoms with Crippen molar-refractivity contribution in [2.24, 2.45) is 0 Å². The molecule has 176 valence electrons. The van der Waals surface area contributed by atoms with Gasteiger partial charge in [0, 0.05) is 62.1 Å².